The molecular weight excluding hydrogens is 436 g/mol. The van der Waals surface area contributed by atoms with Crippen molar-refractivity contribution in [1.29, 1.82) is 0 Å². The molecule has 2 aromatic heterocycles. The van der Waals surface area contributed by atoms with E-state index in [1.165, 1.54) is 54.9 Å². The summed E-state index contributed by atoms with van der Waals surface area (Å²) >= 11 is 0. The van der Waals surface area contributed by atoms with Crippen molar-refractivity contribution in [2.24, 2.45) is 7.05 Å². The van der Waals surface area contributed by atoms with Crippen LogP contribution in [0.1, 0.15) is 19.4 Å². The number of hydrogen-bond donors (Lipinski definition) is 0. The third kappa shape index (κ3) is 4.05. The molecule has 0 atom stereocenters. The summed E-state index contributed by atoms with van der Waals surface area (Å²) in [7, 11) is 2.16. The van der Waals surface area contributed by atoms with Crippen LogP contribution in [0.5, 0.6) is 0 Å². The number of hydrogen-bond acceptors (Lipinski definition) is 0. The largest absolute Gasteiger partial charge is 0.344 e. The first kappa shape index (κ1) is 23.4. The maximum atomic E-state index is 2.38. The molecule has 2 nitrogen and oxygen atoms in total. The van der Waals surface area contributed by atoms with Crippen LogP contribution in [-0.4, -0.2) is 9.13 Å². The molecule has 7 rings (SSSR count). The van der Waals surface area contributed by atoms with E-state index in [9.17, 15) is 0 Å². The average molecular weight is 469 g/mol. The van der Waals surface area contributed by atoms with Gasteiger partial charge in [-0.2, -0.15) is 0 Å². The van der Waals surface area contributed by atoms with Crippen LogP contribution in [0.2, 0.25) is 0 Å². The van der Waals surface area contributed by atoms with Crippen molar-refractivity contribution >= 4 is 43.6 Å². The molecule has 178 valence electrons. The van der Waals surface area contributed by atoms with Crippen LogP contribution in [0.4, 0.5) is 0 Å². The Balaban J connectivity index is 0.000000255. The lowest BCUT2D eigenvalue weighted by Gasteiger charge is -2.08. The monoisotopic (exact) mass is 468 g/mol. The second-order valence-electron chi connectivity index (χ2n) is 8.81. The molecule has 5 aromatic carbocycles. The molecule has 0 fully saturated rings. The van der Waals surface area contributed by atoms with E-state index in [0.29, 0.717) is 0 Å². The van der Waals surface area contributed by atoms with Crippen molar-refractivity contribution in [3.8, 4) is 5.69 Å². The van der Waals surface area contributed by atoms with Gasteiger partial charge in [0.15, 0.2) is 0 Å². The molecule has 0 unspecified atom stereocenters. The lowest BCUT2D eigenvalue weighted by molar-refractivity contribution is 1.01. The van der Waals surface area contributed by atoms with Crippen molar-refractivity contribution in [3.05, 3.63) is 127 Å². The highest BCUT2D eigenvalue weighted by Crippen LogP contribution is 2.37. The number of benzene rings is 5. The number of aryl methyl sites for hydroxylation is 2. The summed E-state index contributed by atoms with van der Waals surface area (Å²) in [5, 5.41) is 5.23. The molecule has 2 heteroatoms. The summed E-state index contributed by atoms with van der Waals surface area (Å²) in [6.07, 6.45) is 0. The van der Waals surface area contributed by atoms with Crippen molar-refractivity contribution in [3.63, 3.8) is 0 Å². The zero-order valence-electron chi connectivity index (χ0n) is 21.4. The molecule has 0 saturated heterocycles. The van der Waals surface area contributed by atoms with Crippen LogP contribution in [0.3, 0.4) is 0 Å². The molecule has 0 aliphatic carbocycles. The van der Waals surface area contributed by atoms with E-state index in [2.05, 4.69) is 126 Å². The molecular formula is C34H32N2. The van der Waals surface area contributed by atoms with E-state index < -0.39 is 0 Å². The van der Waals surface area contributed by atoms with Crippen LogP contribution >= 0.6 is 0 Å². The fourth-order valence-electron chi connectivity index (χ4n) is 5.01. The zero-order valence-corrected chi connectivity index (χ0v) is 21.4. The smallest absolute Gasteiger partial charge is 0.0562 e. The number of rotatable bonds is 1. The van der Waals surface area contributed by atoms with Gasteiger partial charge in [-0.05, 0) is 43.3 Å². The lowest BCUT2D eigenvalue weighted by atomic mass is 10.1. The summed E-state index contributed by atoms with van der Waals surface area (Å²) in [6.45, 7) is 6.08. The summed E-state index contributed by atoms with van der Waals surface area (Å²) < 4.78 is 4.68. The maximum Gasteiger partial charge on any atom is 0.0562 e. The van der Waals surface area contributed by atoms with Crippen molar-refractivity contribution in [2.45, 2.75) is 20.8 Å². The van der Waals surface area contributed by atoms with Gasteiger partial charge in [0.05, 0.1) is 16.6 Å². The van der Waals surface area contributed by atoms with Gasteiger partial charge in [0.1, 0.15) is 0 Å². The molecule has 2 heterocycles. The van der Waals surface area contributed by atoms with Gasteiger partial charge < -0.3 is 9.13 Å². The Morgan fingerprint density at radius 2 is 0.944 bits per heavy atom. The van der Waals surface area contributed by atoms with Gasteiger partial charge in [-0.3, -0.25) is 0 Å². The third-order valence-electron chi connectivity index (χ3n) is 6.66. The molecule has 36 heavy (non-hydrogen) atoms. The van der Waals surface area contributed by atoms with E-state index in [4.69, 9.17) is 0 Å². The Labute approximate surface area is 213 Å². The van der Waals surface area contributed by atoms with Gasteiger partial charge in [0, 0.05) is 39.8 Å². The Morgan fingerprint density at radius 3 is 1.56 bits per heavy atom. The second-order valence-corrected chi connectivity index (χ2v) is 8.81. The van der Waals surface area contributed by atoms with E-state index in [1.807, 2.05) is 32.0 Å². The summed E-state index contributed by atoms with van der Waals surface area (Å²) in [4.78, 5) is 0. The Bertz CT molecular complexity index is 1750. The van der Waals surface area contributed by atoms with Crippen molar-refractivity contribution in [1.82, 2.24) is 9.13 Å². The zero-order chi connectivity index (χ0) is 25.1. The highest BCUT2D eigenvalue weighted by molar-refractivity contribution is 6.18. The van der Waals surface area contributed by atoms with Crippen molar-refractivity contribution in [2.75, 3.05) is 0 Å². The van der Waals surface area contributed by atoms with Crippen LogP contribution in [0, 0.1) is 6.92 Å². The molecule has 0 spiro atoms. The normalized spacial score (nSPS) is 10.8. The van der Waals surface area contributed by atoms with Crippen molar-refractivity contribution < 1.29 is 0 Å². The standard InChI is InChI=1S/C25H18N2.C7H8.C2H6/c1-26-22-13-7-5-11-18(22)20-15-21-19-12-6-8-14-23(19)27(25(21)16-24(20)26)17-9-3-2-4-10-17;1-7-5-3-2-4-6-7;1-2/h2-16H,1H3;2-6H,1H3;1-2H3. The highest BCUT2D eigenvalue weighted by atomic mass is 15.0. The SMILES string of the molecule is CC.Cc1ccccc1.Cn1c2ccccc2c2cc3c4ccccc4n(-c4ccccc4)c3cc21. The molecule has 0 amide bonds. The number of aromatic nitrogens is 2. The predicted molar refractivity (Wildman–Crippen MR) is 157 cm³/mol. The molecule has 0 saturated carbocycles. The fraction of sp³-hybridized carbons (Fsp3) is 0.118. The number of fused-ring (bicyclic) bond motifs is 6. The minimum atomic E-state index is 1.20. The Kier molecular flexibility index (Phi) is 6.60. The molecule has 0 bridgehead atoms. The van der Waals surface area contributed by atoms with Gasteiger partial charge in [0.25, 0.3) is 0 Å². The Morgan fingerprint density at radius 1 is 0.444 bits per heavy atom. The first-order valence-electron chi connectivity index (χ1n) is 12.7. The maximum absolute atomic E-state index is 2.38. The van der Waals surface area contributed by atoms with Crippen LogP contribution in [-0.2, 0) is 7.05 Å². The predicted octanol–water partition coefficient (Wildman–Crippen LogP) is 9.45. The topological polar surface area (TPSA) is 9.86 Å². The van der Waals surface area contributed by atoms with E-state index in [-0.39, 0.29) is 0 Å². The molecule has 0 aliphatic rings. The number of nitrogens with zero attached hydrogens (tertiary/aromatic N) is 2. The van der Waals surface area contributed by atoms with Gasteiger partial charge in [-0.1, -0.05) is 104 Å². The quantitative estimate of drug-likeness (QED) is 0.227. The van der Waals surface area contributed by atoms with Gasteiger partial charge in [0.2, 0.25) is 0 Å². The van der Waals surface area contributed by atoms with Crippen LogP contribution < -0.4 is 0 Å². The molecule has 0 radical (unpaired) electrons. The molecule has 0 aliphatic heterocycles. The van der Waals surface area contributed by atoms with Gasteiger partial charge in [-0.25, -0.2) is 0 Å². The second kappa shape index (κ2) is 10.1. The molecule has 7 aromatic rings. The van der Waals surface area contributed by atoms with Crippen LogP contribution in [0.15, 0.2) is 121 Å². The summed E-state index contributed by atoms with van der Waals surface area (Å²) in [5.74, 6) is 0. The summed E-state index contributed by atoms with van der Waals surface area (Å²) in [5.41, 5.74) is 7.56. The Hall–Kier alpha value is -4.30. The van der Waals surface area contributed by atoms with E-state index in [0.717, 1.165) is 0 Å². The minimum absolute atomic E-state index is 1.20. The van der Waals surface area contributed by atoms with E-state index in [1.54, 1.807) is 0 Å². The summed E-state index contributed by atoms with van der Waals surface area (Å²) in [6, 6.07) is 43.0. The highest BCUT2D eigenvalue weighted by Gasteiger charge is 2.15. The lowest BCUT2D eigenvalue weighted by Crippen LogP contribution is -1.93. The number of para-hydroxylation sites is 3. The third-order valence-corrected chi connectivity index (χ3v) is 6.66. The van der Waals surface area contributed by atoms with Gasteiger partial charge >= 0.3 is 0 Å². The van der Waals surface area contributed by atoms with E-state index >= 15 is 0 Å². The van der Waals surface area contributed by atoms with Gasteiger partial charge in [-0.15, -0.1) is 0 Å². The fourth-order valence-corrected chi connectivity index (χ4v) is 5.01. The van der Waals surface area contributed by atoms with Crippen LogP contribution in [0.25, 0.3) is 49.3 Å². The minimum Gasteiger partial charge on any atom is -0.344 e. The first-order valence-corrected chi connectivity index (χ1v) is 12.7. The molecule has 0 N–H and O–H groups in total. The first-order chi connectivity index (χ1) is 17.7. The average Bonchev–Trinajstić information content (AvgIpc) is 3.42.